The van der Waals surface area contributed by atoms with Gasteiger partial charge < -0.3 is 14.6 Å². The monoisotopic (exact) mass is 455 g/mol. The summed E-state index contributed by atoms with van der Waals surface area (Å²) in [6.45, 7) is 12.6. The van der Waals surface area contributed by atoms with Gasteiger partial charge >= 0.3 is 6.09 Å². The Kier molecular flexibility index (Phi) is 7.50. The first-order valence-corrected chi connectivity index (χ1v) is 11.6. The number of carbonyl (C=O) groups excluding carboxylic acids is 1. The number of nitrogens with one attached hydrogen (secondary N) is 1. The van der Waals surface area contributed by atoms with Gasteiger partial charge in [0.2, 0.25) is 0 Å². The molecule has 2 aromatic rings. The summed E-state index contributed by atoms with van der Waals surface area (Å²) in [4.78, 5) is 17.6. The van der Waals surface area contributed by atoms with Crippen molar-refractivity contribution in [1.82, 2.24) is 14.9 Å². The molecule has 3 rings (SSSR count). The van der Waals surface area contributed by atoms with Crippen molar-refractivity contribution in [2.45, 2.75) is 66.2 Å². The third-order valence-electron chi connectivity index (χ3n) is 5.41. The molecular formula is C26H34ClN3O2. The van der Waals surface area contributed by atoms with Gasteiger partial charge in [0.25, 0.3) is 0 Å². The van der Waals surface area contributed by atoms with E-state index in [9.17, 15) is 4.79 Å². The summed E-state index contributed by atoms with van der Waals surface area (Å²) in [5, 5.41) is 3.79. The second-order valence-electron chi connectivity index (χ2n) is 9.79. The summed E-state index contributed by atoms with van der Waals surface area (Å²) < 4.78 is 7.66. The van der Waals surface area contributed by atoms with Crippen LogP contribution in [0.15, 0.2) is 53.7 Å². The van der Waals surface area contributed by atoms with E-state index in [2.05, 4.69) is 49.0 Å². The molecule has 32 heavy (non-hydrogen) atoms. The Balaban J connectivity index is 2.01. The number of ether oxygens (including phenoxy) is 1. The first kappa shape index (κ1) is 24.1. The number of benzene rings is 1. The van der Waals surface area contributed by atoms with Crippen LogP contribution in [0.1, 0.15) is 71.1 Å². The van der Waals surface area contributed by atoms with Crippen LogP contribution in [-0.4, -0.2) is 21.2 Å². The van der Waals surface area contributed by atoms with Crippen LogP contribution in [-0.2, 0) is 11.3 Å². The lowest BCUT2D eigenvalue weighted by atomic mass is 9.91. The third-order valence-corrected chi connectivity index (χ3v) is 5.67. The Morgan fingerprint density at radius 2 is 1.97 bits per heavy atom. The van der Waals surface area contributed by atoms with Crippen LogP contribution in [0, 0.1) is 11.8 Å². The van der Waals surface area contributed by atoms with E-state index in [0.29, 0.717) is 12.5 Å². The molecule has 1 aliphatic carbocycles. The Labute approximate surface area is 196 Å². The van der Waals surface area contributed by atoms with E-state index >= 15 is 0 Å². The maximum atomic E-state index is 12.6. The van der Waals surface area contributed by atoms with Crippen LogP contribution in [0.3, 0.4) is 0 Å². The highest BCUT2D eigenvalue weighted by Crippen LogP contribution is 2.34. The summed E-state index contributed by atoms with van der Waals surface area (Å²) in [5.41, 5.74) is 2.61. The van der Waals surface area contributed by atoms with Gasteiger partial charge in [-0.1, -0.05) is 68.8 Å². The number of rotatable bonds is 6. The van der Waals surface area contributed by atoms with Crippen LogP contribution in [0.4, 0.5) is 4.79 Å². The van der Waals surface area contributed by atoms with Gasteiger partial charge in [-0.05, 0) is 56.2 Å². The van der Waals surface area contributed by atoms with Gasteiger partial charge in [0, 0.05) is 17.8 Å². The Hall–Kier alpha value is -2.53. The van der Waals surface area contributed by atoms with Crippen LogP contribution >= 0.6 is 11.6 Å². The highest BCUT2D eigenvalue weighted by molar-refractivity contribution is 6.31. The number of imidazole rings is 1. The molecule has 0 saturated carbocycles. The summed E-state index contributed by atoms with van der Waals surface area (Å²) in [7, 11) is 0. The molecule has 0 aliphatic heterocycles. The van der Waals surface area contributed by atoms with Crippen LogP contribution in [0.2, 0.25) is 0 Å². The Morgan fingerprint density at radius 1 is 1.28 bits per heavy atom. The van der Waals surface area contributed by atoms with Crippen molar-refractivity contribution in [3.63, 3.8) is 0 Å². The SMILES string of the molecule is CC1CC=C(Cl)C=C1c1cn(Cc2ccccc2)c([C@H](NC(=O)OC(C)(C)C)C(C)C)n1. The molecule has 1 aliphatic rings. The molecule has 6 heteroatoms. The van der Waals surface area contributed by atoms with Gasteiger partial charge in [0.1, 0.15) is 11.4 Å². The molecule has 1 N–H and O–H groups in total. The molecule has 0 spiro atoms. The van der Waals surface area contributed by atoms with E-state index < -0.39 is 11.7 Å². The number of alkyl carbamates (subject to hydrolysis) is 1. The van der Waals surface area contributed by atoms with Gasteiger partial charge in [-0.3, -0.25) is 0 Å². The van der Waals surface area contributed by atoms with Crippen molar-refractivity contribution in [2.75, 3.05) is 0 Å². The maximum absolute atomic E-state index is 12.6. The van der Waals surface area contributed by atoms with Crippen molar-refractivity contribution in [1.29, 1.82) is 0 Å². The normalized spacial score (nSPS) is 17.6. The van der Waals surface area contributed by atoms with E-state index in [4.69, 9.17) is 21.3 Å². The second kappa shape index (κ2) is 9.95. The number of allylic oxidation sites excluding steroid dienone is 4. The molecule has 5 nitrogen and oxygen atoms in total. The minimum absolute atomic E-state index is 0.119. The summed E-state index contributed by atoms with van der Waals surface area (Å²) in [5.74, 6) is 1.25. The number of hydrogen-bond donors (Lipinski definition) is 1. The zero-order valence-corrected chi connectivity index (χ0v) is 20.6. The molecule has 0 radical (unpaired) electrons. The molecule has 1 heterocycles. The van der Waals surface area contributed by atoms with Crippen LogP contribution in [0.5, 0.6) is 0 Å². The number of amides is 1. The second-order valence-corrected chi connectivity index (χ2v) is 10.2. The molecule has 1 aromatic heterocycles. The number of hydrogen-bond acceptors (Lipinski definition) is 3. The zero-order valence-electron chi connectivity index (χ0n) is 19.9. The van der Waals surface area contributed by atoms with Crippen molar-refractivity contribution in [2.24, 2.45) is 11.8 Å². The smallest absolute Gasteiger partial charge is 0.408 e. The molecule has 2 atom stereocenters. The van der Waals surface area contributed by atoms with Gasteiger partial charge in [0.15, 0.2) is 0 Å². The minimum atomic E-state index is -0.568. The molecule has 172 valence electrons. The topological polar surface area (TPSA) is 56.2 Å². The lowest BCUT2D eigenvalue weighted by Gasteiger charge is -2.26. The van der Waals surface area contributed by atoms with Gasteiger partial charge in [-0.25, -0.2) is 9.78 Å². The average Bonchev–Trinajstić information content (AvgIpc) is 3.10. The standard InChI is InChI=1S/C26H34ClN3O2/c1-17(2)23(29-25(31)32-26(4,5)6)24-28-22(21-14-20(27)13-12-18(21)3)16-30(24)15-19-10-8-7-9-11-19/h7-11,13-14,16-18,23H,12,15H2,1-6H3,(H,29,31)/t18?,23-/m1/s1. The highest BCUT2D eigenvalue weighted by atomic mass is 35.5. The van der Waals surface area contributed by atoms with Crippen molar-refractivity contribution < 1.29 is 9.53 Å². The van der Waals surface area contributed by atoms with E-state index in [-0.39, 0.29) is 12.0 Å². The predicted octanol–water partition coefficient (Wildman–Crippen LogP) is 6.70. The maximum Gasteiger partial charge on any atom is 0.408 e. The molecule has 0 bridgehead atoms. The minimum Gasteiger partial charge on any atom is -0.444 e. The third kappa shape index (κ3) is 6.26. The van der Waals surface area contributed by atoms with Crippen LogP contribution < -0.4 is 5.32 Å². The van der Waals surface area contributed by atoms with E-state index in [0.717, 1.165) is 28.5 Å². The number of carbonyl (C=O) groups is 1. The molecule has 1 amide bonds. The zero-order chi connectivity index (χ0) is 23.5. The van der Waals surface area contributed by atoms with Gasteiger partial charge in [-0.2, -0.15) is 0 Å². The van der Waals surface area contributed by atoms with Gasteiger partial charge in [0.05, 0.1) is 11.7 Å². The fourth-order valence-electron chi connectivity index (χ4n) is 3.78. The van der Waals surface area contributed by atoms with Crippen LogP contribution in [0.25, 0.3) is 5.57 Å². The summed E-state index contributed by atoms with van der Waals surface area (Å²) >= 11 is 6.32. The van der Waals surface area contributed by atoms with Crippen molar-refractivity contribution in [3.8, 4) is 0 Å². The number of aromatic nitrogens is 2. The quantitative estimate of drug-likeness (QED) is 0.527. The van der Waals surface area contributed by atoms with Gasteiger partial charge in [-0.15, -0.1) is 0 Å². The molecule has 1 unspecified atom stereocenters. The number of nitrogens with zero attached hydrogens (tertiary/aromatic N) is 2. The van der Waals surface area contributed by atoms with E-state index in [1.54, 1.807) is 0 Å². The first-order valence-electron chi connectivity index (χ1n) is 11.2. The first-order chi connectivity index (χ1) is 15.0. The number of halogens is 1. The molecule has 0 fully saturated rings. The lowest BCUT2D eigenvalue weighted by molar-refractivity contribution is 0.0485. The Morgan fingerprint density at radius 3 is 2.59 bits per heavy atom. The highest BCUT2D eigenvalue weighted by Gasteiger charge is 2.28. The Bertz CT molecular complexity index is 1000. The fraction of sp³-hybridized carbons (Fsp3) is 0.462. The molecule has 1 aromatic carbocycles. The molecular weight excluding hydrogens is 422 g/mol. The average molecular weight is 456 g/mol. The lowest BCUT2D eigenvalue weighted by Crippen LogP contribution is -2.38. The summed E-state index contributed by atoms with van der Waals surface area (Å²) in [6.07, 6.45) is 6.56. The van der Waals surface area contributed by atoms with Crippen molar-refractivity contribution >= 4 is 23.3 Å². The summed E-state index contributed by atoms with van der Waals surface area (Å²) in [6, 6.07) is 9.96. The van der Waals surface area contributed by atoms with E-state index in [1.165, 1.54) is 5.56 Å². The predicted molar refractivity (Wildman–Crippen MR) is 130 cm³/mol. The van der Waals surface area contributed by atoms with E-state index in [1.807, 2.05) is 51.1 Å². The largest absolute Gasteiger partial charge is 0.444 e. The fourth-order valence-corrected chi connectivity index (χ4v) is 3.99. The van der Waals surface area contributed by atoms with Crippen molar-refractivity contribution in [3.05, 3.63) is 70.8 Å². The molecule has 0 saturated heterocycles.